The predicted octanol–water partition coefficient (Wildman–Crippen LogP) is 6.04. The molecular weight excluding hydrogens is 408 g/mol. The van der Waals surface area contributed by atoms with Crippen LogP contribution in [0.15, 0.2) is 59.8 Å². The summed E-state index contributed by atoms with van der Waals surface area (Å²) in [6.45, 7) is 10.9. The molecule has 0 bridgehead atoms. The number of rotatable bonds is 6. The Hall–Kier alpha value is -1.42. The minimum atomic E-state index is -0.628. The van der Waals surface area contributed by atoms with Crippen molar-refractivity contribution in [3.05, 3.63) is 59.8 Å². The Kier molecular flexibility index (Phi) is 7.24. The van der Waals surface area contributed by atoms with Crippen LogP contribution in [-0.4, -0.2) is 33.6 Å². The van der Waals surface area contributed by atoms with E-state index >= 15 is 0 Å². The Morgan fingerprint density at radius 1 is 1.09 bits per heavy atom. The minimum Gasteiger partial charge on any atom is -0.393 e. The molecule has 0 spiro atoms. The summed E-state index contributed by atoms with van der Waals surface area (Å²) in [6.07, 6.45) is 20.8. The number of hydrogen-bond acceptors (Lipinski definition) is 3. The van der Waals surface area contributed by atoms with Crippen LogP contribution < -0.4 is 0 Å². The number of fused-ring (bicyclic) bond motifs is 1. The first-order chi connectivity index (χ1) is 15.7. The van der Waals surface area contributed by atoms with Gasteiger partial charge in [-0.25, -0.2) is 0 Å². The third-order valence-corrected chi connectivity index (χ3v) is 9.45. The van der Waals surface area contributed by atoms with Gasteiger partial charge in [-0.3, -0.25) is 0 Å². The van der Waals surface area contributed by atoms with Crippen LogP contribution >= 0.6 is 0 Å². The van der Waals surface area contributed by atoms with Crippen LogP contribution in [0.25, 0.3) is 0 Å². The molecule has 0 saturated heterocycles. The second-order valence-electron chi connectivity index (χ2n) is 11.6. The van der Waals surface area contributed by atoms with Gasteiger partial charge in [0, 0.05) is 11.8 Å². The van der Waals surface area contributed by atoms with Crippen molar-refractivity contribution in [3.8, 4) is 0 Å². The highest BCUT2D eigenvalue weighted by Crippen LogP contribution is 2.59. The summed E-state index contributed by atoms with van der Waals surface area (Å²) >= 11 is 0. The lowest BCUT2D eigenvalue weighted by Crippen LogP contribution is -2.35. The zero-order chi connectivity index (χ0) is 23.8. The zero-order valence-corrected chi connectivity index (χ0v) is 20.8. The minimum absolute atomic E-state index is 0.00832. The maximum Gasteiger partial charge on any atom is 0.0811 e. The summed E-state index contributed by atoms with van der Waals surface area (Å²) in [7, 11) is 0. The molecule has 0 amide bonds. The smallest absolute Gasteiger partial charge is 0.0811 e. The summed E-state index contributed by atoms with van der Waals surface area (Å²) < 4.78 is 0. The molecule has 0 aromatic rings. The number of allylic oxidation sites excluding steroid dienone is 5. The van der Waals surface area contributed by atoms with Crippen LogP contribution in [0.4, 0.5) is 0 Å². The fraction of sp³-hybridized carbons (Fsp3) is 0.667. The SMILES string of the molecule is C=C1/C(=C\C=C2/CCC[C@]3(C)[C@@H]([C@H](C)/C=C/[C@H](O)C4(/C=C/C)CC4)CC[C@@H]23)C[C@@H](O)C[C@@H]1O. The van der Waals surface area contributed by atoms with Crippen LogP contribution in [0.2, 0.25) is 0 Å². The first-order valence-corrected chi connectivity index (χ1v) is 13.2. The van der Waals surface area contributed by atoms with Gasteiger partial charge in [-0.2, -0.15) is 0 Å². The van der Waals surface area contributed by atoms with Gasteiger partial charge in [-0.1, -0.05) is 62.5 Å². The van der Waals surface area contributed by atoms with Gasteiger partial charge in [-0.15, -0.1) is 0 Å². The normalized spacial score (nSPS) is 40.6. The van der Waals surface area contributed by atoms with E-state index in [-0.39, 0.29) is 11.5 Å². The van der Waals surface area contributed by atoms with Crippen LogP contribution in [0.5, 0.6) is 0 Å². The van der Waals surface area contributed by atoms with Gasteiger partial charge in [0.2, 0.25) is 0 Å². The van der Waals surface area contributed by atoms with Gasteiger partial charge >= 0.3 is 0 Å². The quantitative estimate of drug-likeness (QED) is 0.431. The molecule has 0 aromatic carbocycles. The maximum atomic E-state index is 10.8. The highest BCUT2D eigenvalue weighted by Gasteiger charge is 2.50. The molecule has 33 heavy (non-hydrogen) atoms. The zero-order valence-electron chi connectivity index (χ0n) is 20.8. The maximum absolute atomic E-state index is 10.8. The third-order valence-electron chi connectivity index (χ3n) is 9.45. The topological polar surface area (TPSA) is 60.7 Å². The largest absolute Gasteiger partial charge is 0.393 e. The molecule has 0 radical (unpaired) electrons. The van der Waals surface area contributed by atoms with E-state index in [1.54, 1.807) is 0 Å². The summed E-state index contributed by atoms with van der Waals surface area (Å²) in [6, 6.07) is 0. The molecule has 182 valence electrons. The molecule has 0 aromatic heterocycles. The van der Waals surface area contributed by atoms with Crippen molar-refractivity contribution < 1.29 is 15.3 Å². The molecule has 4 aliphatic rings. The van der Waals surface area contributed by atoms with Crippen molar-refractivity contribution in [2.45, 2.75) is 96.9 Å². The highest BCUT2D eigenvalue weighted by molar-refractivity contribution is 5.38. The second kappa shape index (κ2) is 9.68. The summed E-state index contributed by atoms with van der Waals surface area (Å²) in [5.74, 6) is 1.68. The molecule has 3 nitrogen and oxygen atoms in total. The van der Waals surface area contributed by atoms with Gasteiger partial charge in [0.25, 0.3) is 0 Å². The molecule has 4 saturated carbocycles. The van der Waals surface area contributed by atoms with Crippen molar-refractivity contribution in [1.82, 2.24) is 0 Å². The first-order valence-electron chi connectivity index (χ1n) is 13.2. The summed E-state index contributed by atoms with van der Waals surface area (Å²) in [5, 5.41) is 31.0. The number of aliphatic hydroxyl groups is 3. The average Bonchev–Trinajstić information content (AvgIpc) is 3.47. The van der Waals surface area contributed by atoms with Crippen LogP contribution in [0, 0.1) is 28.6 Å². The molecule has 0 heterocycles. The molecule has 4 fully saturated rings. The van der Waals surface area contributed by atoms with Gasteiger partial charge in [0.05, 0.1) is 18.3 Å². The summed E-state index contributed by atoms with van der Waals surface area (Å²) in [4.78, 5) is 0. The lowest BCUT2D eigenvalue weighted by Gasteiger charge is -2.44. The molecule has 0 unspecified atom stereocenters. The Morgan fingerprint density at radius 2 is 1.85 bits per heavy atom. The van der Waals surface area contributed by atoms with Crippen molar-refractivity contribution in [3.63, 3.8) is 0 Å². The highest BCUT2D eigenvalue weighted by atomic mass is 16.3. The van der Waals surface area contributed by atoms with Gasteiger partial charge in [-0.05, 0) is 92.6 Å². The molecule has 4 rings (SSSR count). The Labute approximate surface area is 200 Å². The van der Waals surface area contributed by atoms with Crippen molar-refractivity contribution >= 4 is 0 Å². The van der Waals surface area contributed by atoms with Crippen LogP contribution in [-0.2, 0) is 0 Å². The third kappa shape index (κ3) is 4.88. The fourth-order valence-corrected chi connectivity index (χ4v) is 7.25. The standard InChI is InChI=1S/C30H44O3/c1-5-14-30(16-17-30)28(33)13-8-20(2)25-11-12-26-22(7-6-15-29(25,26)4)9-10-23-18-24(31)19-27(32)21(23)3/h5,8-10,13-14,20,24-28,31-33H,3,6-7,11-12,15-19H2,1-2,4H3/b13-8+,14-5+,22-9+,23-10-/t20-,24-,25-,26+,27+,28+,29-/m1/s1. The van der Waals surface area contributed by atoms with E-state index in [1.807, 2.05) is 6.92 Å². The Balaban J connectivity index is 1.47. The molecule has 3 N–H and O–H groups in total. The molecule has 3 heteroatoms. The van der Waals surface area contributed by atoms with E-state index in [4.69, 9.17) is 0 Å². The molecule has 0 aliphatic heterocycles. The molecular formula is C30H44O3. The van der Waals surface area contributed by atoms with Gasteiger partial charge in [0.1, 0.15) is 0 Å². The monoisotopic (exact) mass is 452 g/mol. The lowest BCUT2D eigenvalue weighted by atomic mass is 9.61. The van der Waals surface area contributed by atoms with E-state index < -0.39 is 12.2 Å². The lowest BCUT2D eigenvalue weighted by molar-refractivity contribution is 0.0862. The van der Waals surface area contributed by atoms with Gasteiger partial charge < -0.3 is 15.3 Å². The van der Waals surface area contributed by atoms with E-state index in [9.17, 15) is 15.3 Å². The van der Waals surface area contributed by atoms with Crippen molar-refractivity contribution in [2.24, 2.45) is 28.6 Å². The number of hydrogen-bond donors (Lipinski definition) is 3. The van der Waals surface area contributed by atoms with Crippen LogP contribution in [0.1, 0.15) is 78.6 Å². The van der Waals surface area contributed by atoms with Crippen molar-refractivity contribution in [2.75, 3.05) is 0 Å². The second-order valence-corrected chi connectivity index (χ2v) is 11.6. The summed E-state index contributed by atoms with van der Waals surface area (Å²) in [5.41, 5.74) is 3.58. The Bertz CT molecular complexity index is 858. The molecule has 4 aliphatic carbocycles. The molecule has 7 atom stereocenters. The van der Waals surface area contributed by atoms with Crippen LogP contribution in [0.3, 0.4) is 0 Å². The predicted molar refractivity (Wildman–Crippen MR) is 136 cm³/mol. The first kappa shape index (κ1) is 24.7. The fourth-order valence-electron chi connectivity index (χ4n) is 7.25. The van der Waals surface area contributed by atoms with Crippen molar-refractivity contribution in [1.29, 1.82) is 0 Å². The van der Waals surface area contributed by atoms with E-state index in [2.05, 4.69) is 56.9 Å². The Morgan fingerprint density at radius 3 is 2.55 bits per heavy atom. The average molecular weight is 453 g/mol. The van der Waals surface area contributed by atoms with Gasteiger partial charge in [0.15, 0.2) is 0 Å². The van der Waals surface area contributed by atoms with E-state index in [0.717, 1.165) is 30.4 Å². The van der Waals surface area contributed by atoms with E-state index in [0.29, 0.717) is 36.0 Å². The van der Waals surface area contributed by atoms with E-state index in [1.165, 1.54) is 31.3 Å². The number of aliphatic hydroxyl groups excluding tert-OH is 3.